The van der Waals surface area contributed by atoms with E-state index in [9.17, 15) is 35.2 Å². The number of hydrogen-bond acceptors (Lipinski definition) is 5. The Kier molecular flexibility index (Phi) is 7.48. The zero-order chi connectivity index (χ0) is 25.4. The summed E-state index contributed by atoms with van der Waals surface area (Å²) in [6.45, 7) is 0. The summed E-state index contributed by atoms with van der Waals surface area (Å²) in [7, 11) is -5.06. The highest BCUT2D eigenvalue weighted by atomic mass is 35.5. The van der Waals surface area contributed by atoms with Gasteiger partial charge in [-0.15, -0.1) is 5.10 Å². The summed E-state index contributed by atoms with van der Waals surface area (Å²) in [4.78, 5) is 13.6. The van der Waals surface area contributed by atoms with Crippen LogP contribution in [-0.2, 0) is 9.84 Å². The van der Waals surface area contributed by atoms with Crippen LogP contribution in [0.1, 0.15) is 40.4 Å². The van der Waals surface area contributed by atoms with E-state index in [-0.39, 0.29) is 22.0 Å². The second kappa shape index (κ2) is 9.84. The van der Waals surface area contributed by atoms with Gasteiger partial charge in [-0.2, -0.15) is 13.8 Å². The van der Waals surface area contributed by atoms with Crippen LogP contribution in [0.5, 0.6) is 0 Å². The maximum atomic E-state index is 14.0. The molecule has 1 aliphatic heterocycles. The highest BCUT2D eigenvalue weighted by Gasteiger charge is 2.40. The normalized spacial score (nSPS) is 17.3. The summed E-state index contributed by atoms with van der Waals surface area (Å²) in [5.74, 6) is -6.96. The first-order valence-corrected chi connectivity index (χ1v) is 11.4. The van der Waals surface area contributed by atoms with Crippen molar-refractivity contribution in [3.63, 3.8) is 0 Å². The SMILES string of the molecule is O=C(O)c1cc(Cl)ccc1F.O=S(=O)(c1nc2n(n1)[C@H](c1cc(Cl)ccc1F)C[C@@H]2F)C(F)F. The number of rotatable bonds is 4. The van der Waals surface area contributed by atoms with Gasteiger partial charge in [-0.25, -0.2) is 31.1 Å². The predicted octanol–water partition coefficient (Wildman–Crippen LogP) is 5.25. The summed E-state index contributed by atoms with van der Waals surface area (Å²) in [5, 5.41) is 11.1. The second-order valence-electron chi connectivity index (χ2n) is 6.82. The van der Waals surface area contributed by atoms with Gasteiger partial charge in [0.1, 0.15) is 11.6 Å². The maximum absolute atomic E-state index is 14.0. The van der Waals surface area contributed by atoms with Crippen molar-refractivity contribution in [2.75, 3.05) is 0 Å². The molecule has 0 unspecified atom stereocenters. The molecule has 1 aliphatic rings. The zero-order valence-electron chi connectivity index (χ0n) is 16.5. The number of nitrogens with zero attached hydrogens (tertiary/aromatic N) is 3. The van der Waals surface area contributed by atoms with Gasteiger partial charge in [0.2, 0.25) is 0 Å². The van der Waals surface area contributed by atoms with Crippen LogP contribution in [0.15, 0.2) is 41.6 Å². The second-order valence-corrected chi connectivity index (χ2v) is 9.50. The Hall–Kier alpha value is -2.77. The van der Waals surface area contributed by atoms with Gasteiger partial charge in [-0.1, -0.05) is 23.2 Å². The van der Waals surface area contributed by atoms with E-state index in [1.54, 1.807) is 0 Å². The van der Waals surface area contributed by atoms with Crippen molar-refractivity contribution < 1.29 is 40.3 Å². The molecule has 0 radical (unpaired) electrons. The van der Waals surface area contributed by atoms with E-state index in [2.05, 4.69) is 10.1 Å². The van der Waals surface area contributed by atoms with Crippen LogP contribution < -0.4 is 0 Å². The first kappa shape index (κ1) is 25.8. The number of sulfone groups is 1. The van der Waals surface area contributed by atoms with Crippen molar-refractivity contribution in [2.24, 2.45) is 0 Å². The molecule has 0 aliphatic carbocycles. The van der Waals surface area contributed by atoms with Crippen molar-refractivity contribution in [2.45, 2.75) is 29.5 Å². The van der Waals surface area contributed by atoms with Crippen LogP contribution >= 0.6 is 23.2 Å². The number of carbonyl (C=O) groups is 1. The van der Waals surface area contributed by atoms with Gasteiger partial charge in [-0.3, -0.25) is 0 Å². The molecule has 0 bridgehead atoms. The lowest BCUT2D eigenvalue weighted by Crippen LogP contribution is -2.15. The van der Waals surface area contributed by atoms with Crippen molar-refractivity contribution in [3.8, 4) is 0 Å². The number of carboxylic acid groups (broad SMARTS) is 1. The molecule has 2 aromatic carbocycles. The van der Waals surface area contributed by atoms with E-state index < -0.39 is 62.0 Å². The Morgan fingerprint density at radius 3 is 2.24 bits per heavy atom. The first-order valence-electron chi connectivity index (χ1n) is 9.08. The summed E-state index contributed by atoms with van der Waals surface area (Å²) in [5.41, 5.74) is -0.428. The number of aromatic nitrogens is 3. The van der Waals surface area contributed by atoms with Gasteiger partial charge < -0.3 is 5.11 Å². The van der Waals surface area contributed by atoms with E-state index in [1.165, 1.54) is 18.2 Å². The van der Waals surface area contributed by atoms with Gasteiger partial charge in [0, 0.05) is 22.0 Å². The lowest BCUT2D eigenvalue weighted by atomic mass is 10.0. The molecule has 1 aromatic heterocycles. The Morgan fingerprint density at radius 2 is 1.68 bits per heavy atom. The Labute approximate surface area is 198 Å². The van der Waals surface area contributed by atoms with Crippen LogP contribution in [-0.4, -0.2) is 40.0 Å². The lowest BCUT2D eigenvalue weighted by molar-refractivity contribution is 0.0692. The molecule has 0 saturated heterocycles. The molecule has 182 valence electrons. The van der Waals surface area contributed by atoms with Crippen molar-refractivity contribution in [3.05, 3.63) is 75.0 Å². The third kappa shape index (κ3) is 5.15. The van der Waals surface area contributed by atoms with Crippen molar-refractivity contribution >= 4 is 39.0 Å². The number of carboxylic acids is 1. The molecule has 2 heterocycles. The minimum atomic E-state index is -5.06. The number of benzene rings is 2. The zero-order valence-corrected chi connectivity index (χ0v) is 18.8. The van der Waals surface area contributed by atoms with E-state index in [0.29, 0.717) is 0 Å². The summed E-state index contributed by atoms with van der Waals surface area (Å²) in [6, 6.07) is 5.96. The van der Waals surface area contributed by atoms with Gasteiger partial charge in [0.25, 0.3) is 15.0 Å². The largest absolute Gasteiger partial charge is 0.478 e. The van der Waals surface area contributed by atoms with Gasteiger partial charge in [0.05, 0.1) is 11.6 Å². The summed E-state index contributed by atoms with van der Waals surface area (Å²) in [6.07, 6.45) is -2.01. The third-order valence-corrected chi connectivity index (χ3v) is 6.23. The maximum Gasteiger partial charge on any atom is 0.344 e. The molecular weight excluding hydrogens is 532 g/mol. The molecule has 0 fully saturated rings. The molecule has 2 atom stereocenters. The number of fused-ring (bicyclic) bond motifs is 1. The molecule has 0 spiro atoms. The van der Waals surface area contributed by atoms with E-state index in [0.717, 1.165) is 22.9 Å². The first-order chi connectivity index (χ1) is 15.8. The van der Waals surface area contributed by atoms with Gasteiger partial charge in [-0.05, 0) is 36.4 Å². The van der Waals surface area contributed by atoms with Crippen LogP contribution in [0.4, 0.5) is 22.0 Å². The van der Waals surface area contributed by atoms with Crippen molar-refractivity contribution in [1.29, 1.82) is 0 Å². The predicted molar refractivity (Wildman–Crippen MR) is 110 cm³/mol. The van der Waals surface area contributed by atoms with Crippen molar-refractivity contribution in [1.82, 2.24) is 14.8 Å². The highest BCUT2D eigenvalue weighted by Crippen LogP contribution is 2.41. The minimum absolute atomic E-state index is 0.0233. The Bertz CT molecular complexity index is 1350. The minimum Gasteiger partial charge on any atom is -0.478 e. The van der Waals surface area contributed by atoms with Crippen LogP contribution in [0.25, 0.3) is 0 Å². The van der Waals surface area contributed by atoms with Crippen LogP contribution in [0.2, 0.25) is 10.0 Å². The topological polar surface area (TPSA) is 102 Å². The summed E-state index contributed by atoms with van der Waals surface area (Å²) >= 11 is 11.2. The lowest BCUT2D eigenvalue weighted by Gasteiger charge is -2.13. The number of alkyl halides is 3. The molecule has 15 heteroatoms. The standard InChI is InChI=1S/C12H8ClF4N3O2S.C7H4ClFO2/c13-5-1-2-7(14)6(3-5)9-4-8(15)10-18-12(19-20(9)10)23(21,22)11(16)17;8-4-1-2-6(9)5(3-4)7(10)11/h1-3,8-9,11H,4H2;1-3H,(H,10,11)/t8-,9-;/m0./s1. The monoisotopic (exact) mass is 543 g/mol. The highest BCUT2D eigenvalue weighted by molar-refractivity contribution is 7.91. The average Bonchev–Trinajstić information content (AvgIpc) is 3.33. The smallest absolute Gasteiger partial charge is 0.344 e. The molecule has 34 heavy (non-hydrogen) atoms. The third-order valence-electron chi connectivity index (χ3n) is 4.61. The molecule has 0 saturated carbocycles. The van der Waals surface area contributed by atoms with E-state index in [1.807, 2.05) is 0 Å². The molecule has 0 amide bonds. The molecule has 7 nitrogen and oxygen atoms in total. The van der Waals surface area contributed by atoms with Gasteiger partial charge in [0.15, 0.2) is 12.0 Å². The number of hydrogen-bond donors (Lipinski definition) is 1. The molecule has 1 N–H and O–H groups in total. The Morgan fingerprint density at radius 1 is 1.09 bits per heavy atom. The van der Waals surface area contributed by atoms with Crippen LogP contribution in [0, 0.1) is 11.6 Å². The molecule has 3 aromatic rings. The fraction of sp³-hybridized carbons (Fsp3) is 0.211. The van der Waals surface area contributed by atoms with Crippen LogP contribution in [0.3, 0.4) is 0 Å². The Balaban J connectivity index is 0.000000248. The quantitative estimate of drug-likeness (QED) is 0.451. The average molecular weight is 544 g/mol. The summed E-state index contributed by atoms with van der Waals surface area (Å²) < 4.78 is 89.3. The number of aromatic carboxylic acids is 1. The number of halogens is 7. The molecule has 4 rings (SSSR count). The van der Waals surface area contributed by atoms with E-state index in [4.69, 9.17) is 28.3 Å². The fourth-order valence-corrected chi connectivity index (χ4v) is 3.98. The molecular formula is C19H12Cl2F5N3O4S. The van der Waals surface area contributed by atoms with Gasteiger partial charge >= 0.3 is 11.7 Å². The fourth-order valence-electron chi connectivity index (χ4n) is 3.05. The van der Waals surface area contributed by atoms with E-state index >= 15 is 0 Å².